The predicted octanol–water partition coefficient (Wildman–Crippen LogP) is 1.29. The summed E-state index contributed by atoms with van der Waals surface area (Å²) in [7, 11) is 1.95. The van der Waals surface area contributed by atoms with Crippen LogP contribution in [-0.2, 0) is 0 Å². The van der Waals surface area contributed by atoms with E-state index in [9.17, 15) is 0 Å². The van der Waals surface area contributed by atoms with Crippen molar-refractivity contribution in [2.24, 2.45) is 0 Å². The molecule has 0 heterocycles. The van der Waals surface area contributed by atoms with Crippen LogP contribution in [0.25, 0.3) is 0 Å². The van der Waals surface area contributed by atoms with E-state index in [2.05, 4.69) is 36.6 Å². The summed E-state index contributed by atoms with van der Waals surface area (Å²) in [5, 5.41) is 0. The van der Waals surface area contributed by atoms with Gasteiger partial charge in [-0.25, -0.2) is 0 Å². The first-order chi connectivity index (χ1) is 4.43. The zero-order valence-corrected chi connectivity index (χ0v) is 7.94. The molecule has 1 aromatic carbocycles. The Bertz CT molecular complexity index is 162. The fraction of sp³-hybridized carbons (Fsp3) is 0.143. The van der Waals surface area contributed by atoms with Crippen LogP contribution in [0.5, 0.6) is 0 Å². The Morgan fingerprint density at radius 1 is 1.22 bits per heavy atom. The summed E-state index contributed by atoms with van der Waals surface area (Å²) in [6.45, 7) is 0. The minimum atomic E-state index is 0.376. The van der Waals surface area contributed by atoms with Crippen molar-refractivity contribution in [3.63, 3.8) is 0 Å². The van der Waals surface area contributed by atoms with Gasteiger partial charge in [0.15, 0.2) is 0 Å². The molecular weight excluding hydrogens is 191 g/mol. The molecule has 0 saturated heterocycles. The summed E-state index contributed by atoms with van der Waals surface area (Å²) in [5.74, 6) is 0. The Morgan fingerprint density at radius 3 is 2.44 bits per heavy atom. The summed E-state index contributed by atoms with van der Waals surface area (Å²) in [6, 6.07) is 10.6. The third kappa shape index (κ3) is 2.47. The van der Waals surface area contributed by atoms with Gasteiger partial charge in [0.25, 0.3) is 0 Å². The monoisotopic (exact) mass is 199 g/mol. The van der Waals surface area contributed by atoms with Crippen molar-refractivity contribution in [3.05, 3.63) is 30.3 Å². The molecule has 9 heavy (non-hydrogen) atoms. The zero-order valence-electron chi connectivity index (χ0n) is 5.24. The Morgan fingerprint density at radius 2 is 1.89 bits per heavy atom. The maximum absolute atomic E-state index is 2.19. The van der Waals surface area contributed by atoms with Gasteiger partial charge in [0, 0.05) is 0 Å². The average Bonchev–Trinajstić information content (AvgIpc) is 1.91. The molecule has 0 bridgehead atoms. The number of hydrogen-bond acceptors (Lipinski definition) is 1. The first-order valence-electron chi connectivity index (χ1n) is 2.73. The molecular formula is C7H8AsS. The van der Waals surface area contributed by atoms with Gasteiger partial charge >= 0.3 is 65.6 Å². The summed E-state index contributed by atoms with van der Waals surface area (Å²) in [4.78, 5) is 0. The third-order valence-electron chi connectivity index (χ3n) is 0.953. The van der Waals surface area contributed by atoms with Gasteiger partial charge in [-0.3, -0.25) is 0 Å². The van der Waals surface area contributed by atoms with E-state index in [1.807, 2.05) is 10.0 Å². The second-order valence-electron chi connectivity index (χ2n) is 1.61. The Hall–Kier alpha value is 0.128. The van der Waals surface area contributed by atoms with Crippen LogP contribution in [0.4, 0.5) is 0 Å². The van der Waals surface area contributed by atoms with E-state index in [4.69, 9.17) is 0 Å². The van der Waals surface area contributed by atoms with Gasteiger partial charge in [-0.05, 0) is 0 Å². The molecule has 0 unspecified atom stereocenters. The van der Waals surface area contributed by atoms with Crippen molar-refractivity contribution in [1.29, 1.82) is 0 Å². The number of rotatable bonds is 2. The molecule has 0 amide bonds. The van der Waals surface area contributed by atoms with Crippen molar-refractivity contribution in [2.45, 2.75) is 0 Å². The SMILES string of the molecule is CS[As]c1ccccc1. The predicted molar refractivity (Wildman–Crippen MR) is 45.3 cm³/mol. The Kier molecular flexibility index (Phi) is 3.24. The summed E-state index contributed by atoms with van der Waals surface area (Å²) in [6.07, 6.45) is 2.16. The van der Waals surface area contributed by atoms with Gasteiger partial charge in [0.05, 0.1) is 0 Å². The van der Waals surface area contributed by atoms with E-state index < -0.39 is 0 Å². The van der Waals surface area contributed by atoms with Crippen molar-refractivity contribution >= 4 is 29.0 Å². The van der Waals surface area contributed by atoms with E-state index in [-0.39, 0.29) is 0 Å². The summed E-state index contributed by atoms with van der Waals surface area (Å²) < 4.78 is 1.50. The van der Waals surface area contributed by atoms with Crippen LogP contribution >= 0.6 is 10.0 Å². The van der Waals surface area contributed by atoms with Crippen molar-refractivity contribution in [1.82, 2.24) is 0 Å². The molecule has 0 aliphatic rings. The molecule has 0 spiro atoms. The van der Waals surface area contributed by atoms with Crippen molar-refractivity contribution < 1.29 is 0 Å². The zero-order chi connectivity index (χ0) is 6.53. The molecule has 1 radical (unpaired) electrons. The van der Waals surface area contributed by atoms with Crippen LogP contribution in [0.3, 0.4) is 0 Å². The molecule has 1 rings (SSSR count). The van der Waals surface area contributed by atoms with Crippen molar-refractivity contribution in [2.75, 3.05) is 6.26 Å². The fourth-order valence-corrected chi connectivity index (χ4v) is 3.38. The minimum absolute atomic E-state index is 0.376. The molecule has 0 N–H and O–H groups in total. The van der Waals surface area contributed by atoms with E-state index >= 15 is 0 Å². The summed E-state index contributed by atoms with van der Waals surface area (Å²) >= 11 is 0.376. The molecule has 0 nitrogen and oxygen atoms in total. The number of hydrogen-bond donors (Lipinski definition) is 0. The van der Waals surface area contributed by atoms with Gasteiger partial charge in [0.1, 0.15) is 0 Å². The topological polar surface area (TPSA) is 0 Å². The molecule has 0 fully saturated rings. The fourth-order valence-electron chi connectivity index (χ4n) is 0.594. The van der Waals surface area contributed by atoms with E-state index in [0.29, 0.717) is 14.6 Å². The van der Waals surface area contributed by atoms with Gasteiger partial charge in [0.2, 0.25) is 0 Å². The van der Waals surface area contributed by atoms with Gasteiger partial charge in [-0.2, -0.15) is 0 Å². The van der Waals surface area contributed by atoms with Crippen LogP contribution in [0.1, 0.15) is 0 Å². The molecule has 0 aliphatic carbocycles. The molecule has 1 aromatic rings. The van der Waals surface area contributed by atoms with Crippen LogP contribution in [0, 0.1) is 0 Å². The van der Waals surface area contributed by atoms with Gasteiger partial charge in [-0.1, -0.05) is 0 Å². The Balaban J connectivity index is 2.61. The molecule has 0 aliphatic heterocycles. The Labute approximate surface area is 65.7 Å². The second-order valence-corrected chi connectivity index (χ2v) is 6.69. The first kappa shape index (κ1) is 7.24. The molecule has 0 atom stereocenters. The standard InChI is InChI=1S/C7H8AsS/c1-9-8-7-5-3-2-4-6-7/h2-6H,1H3. The molecule has 2 heteroatoms. The summed E-state index contributed by atoms with van der Waals surface area (Å²) in [5.41, 5.74) is 0. The number of benzene rings is 1. The molecule has 0 saturated carbocycles. The van der Waals surface area contributed by atoms with Crippen LogP contribution in [0.15, 0.2) is 30.3 Å². The quantitative estimate of drug-likeness (QED) is 0.647. The van der Waals surface area contributed by atoms with E-state index in [0.717, 1.165) is 0 Å². The average molecular weight is 199 g/mol. The third-order valence-corrected chi connectivity index (χ3v) is 4.45. The molecule has 0 aromatic heterocycles. The van der Waals surface area contributed by atoms with Crippen LogP contribution in [-0.4, -0.2) is 20.9 Å². The normalized spacial score (nSPS) is 10.8. The molecule has 47 valence electrons. The second kappa shape index (κ2) is 4.03. The van der Waals surface area contributed by atoms with E-state index in [1.165, 1.54) is 4.35 Å². The van der Waals surface area contributed by atoms with E-state index in [1.54, 1.807) is 0 Å². The van der Waals surface area contributed by atoms with Gasteiger partial charge < -0.3 is 0 Å². The van der Waals surface area contributed by atoms with Crippen LogP contribution in [0.2, 0.25) is 0 Å². The maximum atomic E-state index is 2.19. The first-order valence-corrected chi connectivity index (χ1v) is 7.14. The van der Waals surface area contributed by atoms with Crippen LogP contribution < -0.4 is 4.35 Å². The van der Waals surface area contributed by atoms with Crippen molar-refractivity contribution in [3.8, 4) is 0 Å². The van der Waals surface area contributed by atoms with Gasteiger partial charge in [-0.15, -0.1) is 0 Å².